The van der Waals surface area contributed by atoms with Crippen LogP contribution < -0.4 is 10.2 Å². The van der Waals surface area contributed by atoms with Crippen LogP contribution in [0.5, 0.6) is 0 Å². The van der Waals surface area contributed by atoms with Gasteiger partial charge in [-0.3, -0.25) is 4.79 Å². The van der Waals surface area contributed by atoms with Crippen molar-refractivity contribution in [2.45, 2.75) is 19.8 Å². The number of nitrogens with one attached hydrogen (secondary N) is 1. The number of nitrogens with zero attached hydrogens (tertiary/aromatic N) is 3. The molecule has 0 atom stereocenters. The number of rotatable bonds is 4. The average Bonchev–Trinajstić information content (AvgIpc) is 2.77. The molecule has 1 saturated heterocycles. The van der Waals surface area contributed by atoms with E-state index >= 15 is 0 Å². The van der Waals surface area contributed by atoms with Gasteiger partial charge in [0.05, 0.1) is 16.4 Å². The van der Waals surface area contributed by atoms with Gasteiger partial charge in [-0.15, -0.1) is 10.2 Å². The smallest absolute Gasteiger partial charge is 0.227 e. The Hall–Kier alpha value is -2.63. The third-order valence-corrected chi connectivity index (χ3v) is 6.01. The second-order valence-electron chi connectivity index (χ2n) is 7.47. The third-order valence-electron chi connectivity index (χ3n) is 5.45. The molecule has 1 fully saturated rings. The Morgan fingerprint density at radius 3 is 2.50 bits per heavy atom. The fraction of sp³-hybridized carbons (Fsp3) is 0.261. The van der Waals surface area contributed by atoms with E-state index < -0.39 is 0 Å². The first-order valence-electron chi connectivity index (χ1n) is 9.92. The number of hydrogen-bond donors (Lipinski definition) is 1. The molecule has 3 aromatic rings. The van der Waals surface area contributed by atoms with E-state index in [1.165, 1.54) is 5.56 Å². The van der Waals surface area contributed by atoms with Crippen LogP contribution in [-0.2, 0) is 4.79 Å². The Morgan fingerprint density at radius 2 is 1.80 bits per heavy atom. The molecule has 0 bridgehead atoms. The van der Waals surface area contributed by atoms with Crippen LogP contribution in [0, 0.1) is 12.8 Å². The summed E-state index contributed by atoms with van der Waals surface area (Å²) in [5.74, 6) is 0.736. The fourth-order valence-corrected chi connectivity index (χ4v) is 4.03. The fourth-order valence-electron chi connectivity index (χ4n) is 3.70. The highest BCUT2D eigenvalue weighted by atomic mass is 35.5. The minimum absolute atomic E-state index is 0.0280. The molecule has 30 heavy (non-hydrogen) atoms. The summed E-state index contributed by atoms with van der Waals surface area (Å²) in [7, 11) is 0. The normalized spacial score (nSPS) is 14.6. The summed E-state index contributed by atoms with van der Waals surface area (Å²) >= 11 is 12.2. The maximum Gasteiger partial charge on any atom is 0.227 e. The molecule has 0 spiro atoms. The van der Waals surface area contributed by atoms with Gasteiger partial charge in [0.15, 0.2) is 5.82 Å². The number of benzene rings is 2. The highest BCUT2D eigenvalue weighted by Gasteiger charge is 2.26. The maximum atomic E-state index is 12.6. The minimum atomic E-state index is -0.0736. The first kappa shape index (κ1) is 20.6. The number of aryl methyl sites for hydroxylation is 1. The quantitative estimate of drug-likeness (QED) is 0.572. The van der Waals surface area contributed by atoms with E-state index in [-0.39, 0.29) is 11.8 Å². The van der Waals surface area contributed by atoms with Crippen LogP contribution in [0.4, 0.5) is 11.5 Å². The summed E-state index contributed by atoms with van der Waals surface area (Å²) in [6.07, 6.45) is 1.48. The lowest BCUT2D eigenvalue weighted by Gasteiger charge is -2.31. The number of hydrogen-bond acceptors (Lipinski definition) is 4. The number of carbonyl (C=O) groups is 1. The van der Waals surface area contributed by atoms with Gasteiger partial charge in [0.1, 0.15) is 0 Å². The first-order chi connectivity index (χ1) is 14.5. The van der Waals surface area contributed by atoms with Gasteiger partial charge in [0, 0.05) is 29.6 Å². The number of halogens is 2. The molecule has 154 valence electrons. The average molecular weight is 441 g/mol. The minimum Gasteiger partial charge on any atom is -0.355 e. The van der Waals surface area contributed by atoms with Crippen molar-refractivity contribution in [3.63, 3.8) is 0 Å². The highest BCUT2D eigenvalue weighted by molar-refractivity contribution is 6.35. The molecule has 2 aromatic carbocycles. The van der Waals surface area contributed by atoms with Crippen LogP contribution >= 0.6 is 23.2 Å². The predicted molar refractivity (Wildman–Crippen MR) is 122 cm³/mol. The van der Waals surface area contributed by atoms with Gasteiger partial charge in [-0.1, -0.05) is 47.5 Å². The molecule has 4 rings (SSSR count). The van der Waals surface area contributed by atoms with Crippen LogP contribution in [0.25, 0.3) is 11.3 Å². The highest BCUT2D eigenvalue weighted by Crippen LogP contribution is 2.28. The Balaban J connectivity index is 1.37. The van der Waals surface area contributed by atoms with Gasteiger partial charge >= 0.3 is 0 Å². The molecule has 5 nitrogen and oxygen atoms in total. The van der Waals surface area contributed by atoms with Gasteiger partial charge in [-0.05, 0) is 55.7 Å². The van der Waals surface area contributed by atoms with Crippen molar-refractivity contribution in [3.8, 4) is 11.3 Å². The molecule has 7 heteroatoms. The summed E-state index contributed by atoms with van der Waals surface area (Å²) in [6.45, 7) is 3.57. The molecule has 0 radical (unpaired) electrons. The van der Waals surface area contributed by atoms with Gasteiger partial charge in [-0.2, -0.15) is 0 Å². The van der Waals surface area contributed by atoms with Crippen molar-refractivity contribution in [2.75, 3.05) is 23.3 Å². The van der Waals surface area contributed by atoms with Crippen molar-refractivity contribution in [1.82, 2.24) is 10.2 Å². The molecular weight excluding hydrogens is 419 g/mol. The molecule has 0 aliphatic carbocycles. The van der Waals surface area contributed by atoms with E-state index in [1.807, 2.05) is 24.3 Å². The van der Waals surface area contributed by atoms with Crippen molar-refractivity contribution < 1.29 is 4.79 Å². The predicted octanol–water partition coefficient (Wildman–Crippen LogP) is 5.61. The Kier molecular flexibility index (Phi) is 6.21. The molecule has 2 heterocycles. The van der Waals surface area contributed by atoms with Gasteiger partial charge < -0.3 is 10.2 Å². The van der Waals surface area contributed by atoms with Gasteiger partial charge in [0.25, 0.3) is 0 Å². The molecule has 1 aliphatic heterocycles. The summed E-state index contributed by atoms with van der Waals surface area (Å²) in [5.41, 5.74) is 3.68. The number of piperidine rings is 1. The molecule has 1 aromatic heterocycles. The van der Waals surface area contributed by atoms with E-state index in [4.69, 9.17) is 23.2 Å². The Morgan fingerprint density at radius 1 is 1.03 bits per heavy atom. The van der Waals surface area contributed by atoms with Crippen molar-refractivity contribution >= 4 is 40.6 Å². The molecule has 1 amide bonds. The Labute approximate surface area is 186 Å². The second kappa shape index (κ2) is 9.02. The van der Waals surface area contributed by atoms with E-state index in [0.29, 0.717) is 15.7 Å². The zero-order valence-corrected chi connectivity index (χ0v) is 18.1. The lowest BCUT2D eigenvalue weighted by atomic mass is 9.95. The summed E-state index contributed by atoms with van der Waals surface area (Å²) in [4.78, 5) is 14.8. The standard InChI is InChI=1S/C23H22Cl2N4O/c1-15-4-2-3-5-18(15)20-8-9-22(28-27-20)29-12-10-16(11-13-29)23(30)26-21-14-17(24)6-7-19(21)25/h2-9,14,16H,10-13H2,1H3,(H,26,30). The molecule has 1 aliphatic rings. The molecule has 0 saturated carbocycles. The Bertz CT molecular complexity index is 1050. The largest absolute Gasteiger partial charge is 0.355 e. The van der Waals surface area contributed by atoms with Gasteiger partial charge in [0.2, 0.25) is 5.91 Å². The summed E-state index contributed by atoms with van der Waals surface area (Å²) < 4.78 is 0. The van der Waals surface area contributed by atoms with E-state index in [0.717, 1.165) is 43.0 Å². The zero-order valence-electron chi connectivity index (χ0n) is 16.6. The van der Waals surface area contributed by atoms with Crippen molar-refractivity contribution in [1.29, 1.82) is 0 Å². The molecular formula is C23H22Cl2N4O. The third kappa shape index (κ3) is 4.58. The maximum absolute atomic E-state index is 12.6. The van der Waals surface area contributed by atoms with Crippen molar-refractivity contribution in [3.05, 3.63) is 70.2 Å². The van der Waals surface area contributed by atoms with E-state index in [2.05, 4.69) is 39.5 Å². The number of anilines is 2. The SMILES string of the molecule is Cc1ccccc1-c1ccc(N2CCC(C(=O)Nc3cc(Cl)ccc3Cl)CC2)nn1. The summed E-state index contributed by atoms with van der Waals surface area (Å²) in [5, 5.41) is 12.8. The first-order valence-corrected chi connectivity index (χ1v) is 10.7. The molecule has 1 N–H and O–H groups in total. The van der Waals surface area contributed by atoms with Crippen LogP contribution in [0.1, 0.15) is 18.4 Å². The number of aromatic nitrogens is 2. The summed E-state index contributed by atoms with van der Waals surface area (Å²) in [6, 6.07) is 17.2. The lowest BCUT2D eigenvalue weighted by molar-refractivity contribution is -0.120. The molecule has 0 unspecified atom stereocenters. The van der Waals surface area contributed by atoms with Crippen LogP contribution in [-0.4, -0.2) is 29.2 Å². The van der Waals surface area contributed by atoms with Crippen LogP contribution in [0.3, 0.4) is 0 Å². The lowest BCUT2D eigenvalue weighted by Crippen LogP contribution is -2.38. The number of amides is 1. The van der Waals surface area contributed by atoms with Crippen molar-refractivity contribution in [2.24, 2.45) is 5.92 Å². The topological polar surface area (TPSA) is 58.1 Å². The zero-order chi connectivity index (χ0) is 21.1. The van der Waals surface area contributed by atoms with Crippen LogP contribution in [0.15, 0.2) is 54.6 Å². The second-order valence-corrected chi connectivity index (χ2v) is 8.31. The monoisotopic (exact) mass is 440 g/mol. The van der Waals surface area contributed by atoms with E-state index in [9.17, 15) is 4.79 Å². The van der Waals surface area contributed by atoms with Gasteiger partial charge in [-0.25, -0.2) is 0 Å². The number of carbonyl (C=O) groups excluding carboxylic acids is 1. The van der Waals surface area contributed by atoms with E-state index in [1.54, 1.807) is 18.2 Å². The van der Waals surface area contributed by atoms with Crippen LogP contribution in [0.2, 0.25) is 10.0 Å².